The van der Waals surface area contributed by atoms with E-state index in [2.05, 4.69) is 102 Å². The van der Waals surface area contributed by atoms with E-state index in [9.17, 15) is 5.53 Å². The fraction of sp³-hybridized carbons (Fsp3) is 0.654. The topological polar surface area (TPSA) is 25.3 Å². The number of allylic oxidation sites excluding steroid dienone is 4. The third-order valence-electron chi connectivity index (χ3n) is 11.0. The van der Waals surface area contributed by atoms with Gasteiger partial charge in [-0.15, -0.1) is 0 Å². The SMILES string of the molecule is CCCCCCCCCCCCCCCCC=CCCCc1ccccc1C1=C(CCCC)C(CCCCCC)=C(c2cccc(C)c2)[N+]1=[N-].C[CH2][Ni][CH2]C. The summed E-state index contributed by atoms with van der Waals surface area (Å²) in [6.07, 6.45) is 38.5. The summed E-state index contributed by atoms with van der Waals surface area (Å²) < 4.78 is 1.57. The van der Waals surface area contributed by atoms with Crippen LogP contribution in [0.25, 0.3) is 16.9 Å². The molecule has 0 saturated heterocycles. The zero-order chi connectivity index (χ0) is 39.8. The van der Waals surface area contributed by atoms with Crippen molar-refractivity contribution in [2.45, 2.75) is 219 Å². The van der Waals surface area contributed by atoms with Crippen molar-refractivity contribution >= 4 is 11.4 Å². The molecule has 1 heterocycles. The van der Waals surface area contributed by atoms with Crippen LogP contribution < -0.4 is 0 Å². The first-order valence-electron chi connectivity index (χ1n) is 23.2. The van der Waals surface area contributed by atoms with Gasteiger partial charge in [0.25, 0.3) is 0 Å². The van der Waals surface area contributed by atoms with Crippen molar-refractivity contribution in [2.24, 2.45) is 0 Å². The maximum absolute atomic E-state index is 12.1. The van der Waals surface area contributed by atoms with Gasteiger partial charge in [0.1, 0.15) is 0 Å². The third-order valence-corrected chi connectivity index (χ3v) is 12.0. The van der Waals surface area contributed by atoms with Crippen LogP contribution >= 0.6 is 0 Å². The molecule has 1 aliphatic rings. The van der Waals surface area contributed by atoms with Gasteiger partial charge in [0.05, 0.1) is 0 Å². The monoisotopic (exact) mass is 795 g/mol. The van der Waals surface area contributed by atoms with Crippen molar-refractivity contribution in [2.75, 3.05) is 0 Å². The Kier molecular flexibility index (Phi) is 29.2. The van der Waals surface area contributed by atoms with E-state index >= 15 is 0 Å². The second-order valence-electron chi connectivity index (χ2n) is 15.8. The van der Waals surface area contributed by atoms with Crippen molar-refractivity contribution in [3.05, 3.63) is 99.6 Å². The van der Waals surface area contributed by atoms with Crippen LogP contribution in [0.2, 0.25) is 10.8 Å². The van der Waals surface area contributed by atoms with Crippen molar-refractivity contribution in [3.8, 4) is 0 Å². The molecule has 0 spiro atoms. The Balaban J connectivity index is 0.00000196. The van der Waals surface area contributed by atoms with Crippen molar-refractivity contribution in [1.82, 2.24) is 0 Å². The Morgan fingerprint density at radius 2 is 1.02 bits per heavy atom. The fourth-order valence-corrected chi connectivity index (χ4v) is 8.36. The molecule has 2 nitrogen and oxygen atoms in total. The van der Waals surface area contributed by atoms with Crippen LogP contribution in [0, 0.1) is 6.92 Å². The quantitative estimate of drug-likeness (QED) is 0.0314. The molecule has 0 fully saturated rings. The zero-order valence-corrected chi connectivity index (χ0v) is 37.8. The van der Waals surface area contributed by atoms with Gasteiger partial charge in [-0.05, 0) is 88.5 Å². The number of rotatable bonds is 31. The molecule has 0 atom stereocenters. The average molecular weight is 796 g/mol. The number of nitrogens with zero attached hydrogens (tertiary/aromatic N) is 2. The predicted octanol–water partition coefficient (Wildman–Crippen LogP) is 18.0. The van der Waals surface area contributed by atoms with Gasteiger partial charge in [0, 0.05) is 22.3 Å². The van der Waals surface area contributed by atoms with E-state index in [1.165, 1.54) is 161 Å². The molecule has 2 aromatic carbocycles. The standard InChI is InChI=1S/C48H74N2.2C2H5.Ni/c1-5-8-11-13-14-15-16-17-18-19-20-21-22-23-24-25-26-27-28-34-42-35-30-31-38-44(42)48-46(37-10-7-3)45(39-29-12-9-6-2)47(50(48)49)43-36-32-33-41(4)40-43;2*1-2;/h25-26,30-33,35-36,38,40H,5-24,27-29,34,37,39H2,1-4H3;2*1H2,2H3;. The number of hydrogen-bond acceptors (Lipinski definition) is 0. The van der Waals surface area contributed by atoms with E-state index in [1.54, 1.807) is 4.70 Å². The van der Waals surface area contributed by atoms with E-state index < -0.39 is 0 Å². The van der Waals surface area contributed by atoms with Gasteiger partial charge >= 0.3 is 39.1 Å². The molecule has 0 unspecified atom stereocenters. The van der Waals surface area contributed by atoms with Crippen molar-refractivity contribution in [3.63, 3.8) is 0 Å². The van der Waals surface area contributed by atoms with E-state index in [4.69, 9.17) is 0 Å². The average Bonchev–Trinajstić information content (AvgIpc) is 3.47. The van der Waals surface area contributed by atoms with E-state index in [1.807, 2.05) is 14.4 Å². The summed E-state index contributed by atoms with van der Waals surface area (Å²) in [4.78, 5) is 0. The van der Waals surface area contributed by atoms with Crippen LogP contribution in [0.3, 0.4) is 0 Å². The molecule has 55 heavy (non-hydrogen) atoms. The molecular weight excluding hydrogens is 711 g/mol. The van der Waals surface area contributed by atoms with Gasteiger partial charge < -0.3 is 5.53 Å². The predicted molar refractivity (Wildman–Crippen MR) is 241 cm³/mol. The zero-order valence-electron chi connectivity index (χ0n) is 36.8. The van der Waals surface area contributed by atoms with Crippen LogP contribution in [0.5, 0.6) is 0 Å². The van der Waals surface area contributed by atoms with Crippen LogP contribution in [0.1, 0.15) is 217 Å². The summed E-state index contributed by atoms with van der Waals surface area (Å²) >= 11 is 1.82. The summed E-state index contributed by atoms with van der Waals surface area (Å²) in [5, 5.41) is 2.56. The maximum atomic E-state index is 12.1. The molecule has 2 aromatic rings. The van der Waals surface area contributed by atoms with Crippen LogP contribution in [-0.4, -0.2) is 4.70 Å². The molecule has 0 N–H and O–H groups in total. The molecular formula is C52H84N2Ni. The summed E-state index contributed by atoms with van der Waals surface area (Å²) in [6, 6.07) is 17.6. The summed E-state index contributed by atoms with van der Waals surface area (Å²) in [5.74, 6) is 0. The number of hydrogen-bond donors (Lipinski definition) is 0. The normalized spacial score (nSPS) is 13.1. The van der Waals surface area contributed by atoms with Crippen molar-refractivity contribution in [1.29, 1.82) is 0 Å². The molecule has 0 bridgehead atoms. The summed E-state index contributed by atoms with van der Waals surface area (Å²) in [5.41, 5.74) is 21.7. The number of unbranched alkanes of at least 4 members (excludes halogenated alkanes) is 19. The van der Waals surface area contributed by atoms with Gasteiger partial charge in [0.2, 0.25) is 11.4 Å². The number of benzene rings is 2. The molecule has 0 amide bonds. The second kappa shape index (κ2) is 32.8. The minimum atomic E-state index is 1.01. The van der Waals surface area contributed by atoms with E-state index in [0.29, 0.717) is 0 Å². The van der Waals surface area contributed by atoms with Crippen molar-refractivity contribution < 1.29 is 19.1 Å². The first-order chi connectivity index (χ1) is 27.0. The Labute approximate surface area is 347 Å². The van der Waals surface area contributed by atoms with Crippen LogP contribution in [0.4, 0.5) is 0 Å². The number of aryl methyl sites for hydroxylation is 2. The molecule has 0 saturated carbocycles. The van der Waals surface area contributed by atoms with Crippen LogP contribution in [-0.2, 0) is 20.9 Å². The second-order valence-corrected chi connectivity index (χ2v) is 17.7. The molecule has 0 radical (unpaired) electrons. The first-order valence-corrected chi connectivity index (χ1v) is 24.6. The molecule has 0 aromatic heterocycles. The van der Waals surface area contributed by atoms with Gasteiger partial charge in [-0.3, -0.25) is 0 Å². The van der Waals surface area contributed by atoms with E-state index in [-0.39, 0.29) is 0 Å². The molecule has 3 rings (SSSR count). The van der Waals surface area contributed by atoms with Gasteiger partial charge in [0.15, 0.2) is 0 Å². The molecule has 1 aliphatic heterocycles. The summed E-state index contributed by atoms with van der Waals surface area (Å²) in [7, 11) is 0. The third kappa shape index (κ3) is 20.1. The van der Waals surface area contributed by atoms with Gasteiger partial charge in [-0.25, -0.2) is 4.70 Å². The van der Waals surface area contributed by atoms with Gasteiger partial charge in [-0.1, -0.05) is 178 Å². The Morgan fingerprint density at radius 3 is 1.58 bits per heavy atom. The Bertz CT molecular complexity index is 1380. The Hall–Kier alpha value is -2.25. The van der Waals surface area contributed by atoms with Gasteiger partial charge in [-0.2, -0.15) is 0 Å². The molecule has 0 aliphatic carbocycles. The van der Waals surface area contributed by atoms with Crippen LogP contribution in [0.15, 0.2) is 71.8 Å². The fourth-order valence-electron chi connectivity index (χ4n) is 7.87. The summed E-state index contributed by atoms with van der Waals surface area (Å²) in [6.45, 7) is 13.4. The van der Waals surface area contributed by atoms with E-state index in [0.717, 1.165) is 61.9 Å². The molecule has 3 heteroatoms. The Morgan fingerprint density at radius 1 is 0.509 bits per heavy atom. The first kappa shape index (κ1) is 48.9. The minimum absolute atomic E-state index is 1.01. The molecule has 312 valence electrons.